The van der Waals surface area contributed by atoms with E-state index in [2.05, 4.69) is 0 Å². The number of likely N-dealkylation sites (tertiary alicyclic amines) is 1. The van der Waals surface area contributed by atoms with Gasteiger partial charge in [-0.05, 0) is 50.5 Å². The van der Waals surface area contributed by atoms with Crippen molar-refractivity contribution in [3.05, 3.63) is 34.3 Å². The molecule has 0 aliphatic carbocycles. The SMILES string of the molecule is CCOC(=O)C1CCN(C(=O)c2ccc(Cl)cc2C)CC1. The van der Waals surface area contributed by atoms with E-state index in [1.54, 1.807) is 30.0 Å². The van der Waals surface area contributed by atoms with Crippen LogP contribution in [0.1, 0.15) is 35.7 Å². The number of hydrogen-bond donors (Lipinski definition) is 0. The predicted octanol–water partition coefficient (Wildman–Crippen LogP) is 3.06. The highest BCUT2D eigenvalue weighted by Crippen LogP contribution is 2.22. The zero-order valence-corrected chi connectivity index (χ0v) is 13.2. The second-order valence-corrected chi connectivity index (χ2v) is 5.71. The first-order valence-corrected chi connectivity index (χ1v) is 7.62. The van der Waals surface area contributed by atoms with Gasteiger partial charge in [-0.15, -0.1) is 0 Å². The molecule has 1 aromatic rings. The largest absolute Gasteiger partial charge is 0.466 e. The summed E-state index contributed by atoms with van der Waals surface area (Å²) in [4.78, 5) is 26.0. The fraction of sp³-hybridized carbons (Fsp3) is 0.500. The second-order valence-electron chi connectivity index (χ2n) is 5.28. The highest BCUT2D eigenvalue weighted by atomic mass is 35.5. The Labute approximate surface area is 130 Å². The first-order valence-electron chi connectivity index (χ1n) is 7.25. The van der Waals surface area contributed by atoms with Crippen molar-refractivity contribution >= 4 is 23.5 Å². The number of benzene rings is 1. The summed E-state index contributed by atoms with van der Waals surface area (Å²) in [6, 6.07) is 5.28. The van der Waals surface area contributed by atoms with E-state index in [-0.39, 0.29) is 17.8 Å². The first-order chi connectivity index (χ1) is 10.0. The van der Waals surface area contributed by atoms with Crippen LogP contribution >= 0.6 is 11.6 Å². The Morgan fingerprint density at radius 3 is 2.57 bits per heavy atom. The highest BCUT2D eigenvalue weighted by Gasteiger charge is 2.29. The fourth-order valence-electron chi connectivity index (χ4n) is 2.62. The van der Waals surface area contributed by atoms with Crippen LogP contribution in [0.15, 0.2) is 18.2 Å². The molecule has 4 nitrogen and oxygen atoms in total. The summed E-state index contributed by atoms with van der Waals surface area (Å²) in [5, 5.41) is 0.630. The van der Waals surface area contributed by atoms with Gasteiger partial charge in [-0.2, -0.15) is 0 Å². The third-order valence-electron chi connectivity index (χ3n) is 3.82. The van der Waals surface area contributed by atoms with Gasteiger partial charge in [0.2, 0.25) is 0 Å². The lowest BCUT2D eigenvalue weighted by atomic mass is 9.96. The number of nitrogens with zero attached hydrogens (tertiary/aromatic N) is 1. The van der Waals surface area contributed by atoms with Crippen molar-refractivity contribution in [2.75, 3.05) is 19.7 Å². The van der Waals surface area contributed by atoms with E-state index in [4.69, 9.17) is 16.3 Å². The molecule has 114 valence electrons. The number of halogens is 1. The average molecular weight is 310 g/mol. The van der Waals surface area contributed by atoms with Crippen molar-refractivity contribution in [1.82, 2.24) is 4.90 Å². The average Bonchev–Trinajstić information content (AvgIpc) is 2.47. The van der Waals surface area contributed by atoms with Gasteiger partial charge in [0.15, 0.2) is 0 Å². The van der Waals surface area contributed by atoms with E-state index >= 15 is 0 Å². The highest BCUT2D eigenvalue weighted by molar-refractivity contribution is 6.30. The van der Waals surface area contributed by atoms with E-state index in [0.29, 0.717) is 43.1 Å². The molecule has 1 aliphatic rings. The maximum atomic E-state index is 12.5. The van der Waals surface area contributed by atoms with Crippen molar-refractivity contribution in [3.8, 4) is 0 Å². The van der Waals surface area contributed by atoms with Crippen molar-refractivity contribution in [3.63, 3.8) is 0 Å². The summed E-state index contributed by atoms with van der Waals surface area (Å²) >= 11 is 5.91. The molecule has 0 bridgehead atoms. The van der Waals surface area contributed by atoms with Gasteiger partial charge in [-0.3, -0.25) is 9.59 Å². The number of piperidine rings is 1. The van der Waals surface area contributed by atoms with Gasteiger partial charge in [-0.1, -0.05) is 11.6 Å². The molecule has 0 radical (unpaired) electrons. The molecule has 0 aromatic heterocycles. The third kappa shape index (κ3) is 3.76. The topological polar surface area (TPSA) is 46.6 Å². The molecule has 0 spiro atoms. The summed E-state index contributed by atoms with van der Waals surface area (Å²) in [5.41, 5.74) is 1.55. The number of esters is 1. The second kappa shape index (κ2) is 6.94. The molecule has 1 saturated heterocycles. The normalized spacial score (nSPS) is 15.9. The Bertz CT molecular complexity index is 536. The van der Waals surface area contributed by atoms with E-state index in [1.165, 1.54) is 0 Å². The van der Waals surface area contributed by atoms with Crippen LogP contribution in [0, 0.1) is 12.8 Å². The van der Waals surface area contributed by atoms with Gasteiger partial charge in [0.25, 0.3) is 5.91 Å². The summed E-state index contributed by atoms with van der Waals surface area (Å²) in [7, 11) is 0. The number of hydrogen-bond acceptors (Lipinski definition) is 3. The maximum absolute atomic E-state index is 12.5. The molecule has 0 atom stereocenters. The predicted molar refractivity (Wildman–Crippen MR) is 81.4 cm³/mol. The van der Waals surface area contributed by atoms with Crippen LogP contribution in [0.25, 0.3) is 0 Å². The standard InChI is InChI=1S/C16H20ClNO3/c1-3-21-16(20)12-6-8-18(9-7-12)15(19)14-5-4-13(17)10-11(14)2/h4-5,10,12H,3,6-9H2,1-2H3. The molecule has 0 N–H and O–H groups in total. The molecule has 0 saturated carbocycles. The van der Waals surface area contributed by atoms with Gasteiger partial charge in [0, 0.05) is 23.7 Å². The molecule has 1 fully saturated rings. The minimum atomic E-state index is -0.146. The van der Waals surface area contributed by atoms with Crippen LogP contribution < -0.4 is 0 Å². The lowest BCUT2D eigenvalue weighted by Gasteiger charge is -2.31. The zero-order valence-electron chi connectivity index (χ0n) is 12.4. The Kier molecular flexibility index (Phi) is 5.23. The van der Waals surface area contributed by atoms with Gasteiger partial charge >= 0.3 is 5.97 Å². The third-order valence-corrected chi connectivity index (χ3v) is 4.06. The Hall–Kier alpha value is -1.55. The molecule has 1 aromatic carbocycles. The van der Waals surface area contributed by atoms with Crippen molar-refractivity contribution in [2.45, 2.75) is 26.7 Å². The van der Waals surface area contributed by atoms with Crippen molar-refractivity contribution < 1.29 is 14.3 Å². The molecule has 5 heteroatoms. The van der Waals surface area contributed by atoms with E-state index in [0.717, 1.165) is 5.56 Å². The summed E-state index contributed by atoms with van der Waals surface area (Å²) < 4.78 is 5.04. The van der Waals surface area contributed by atoms with Crippen molar-refractivity contribution in [2.24, 2.45) is 5.92 Å². The molecule has 1 amide bonds. The van der Waals surface area contributed by atoms with Crippen LogP contribution in [-0.4, -0.2) is 36.5 Å². The van der Waals surface area contributed by atoms with Crippen LogP contribution in [0.4, 0.5) is 0 Å². The minimum absolute atomic E-state index is 0.00600. The van der Waals surface area contributed by atoms with Gasteiger partial charge in [-0.25, -0.2) is 0 Å². The van der Waals surface area contributed by atoms with Crippen LogP contribution in [-0.2, 0) is 9.53 Å². The van der Waals surface area contributed by atoms with E-state index < -0.39 is 0 Å². The number of carbonyl (C=O) groups excluding carboxylic acids is 2. The summed E-state index contributed by atoms with van der Waals surface area (Å²) in [6.07, 6.45) is 1.33. The Morgan fingerprint density at radius 1 is 1.33 bits per heavy atom. The molecular weight excluding hydrogens is 290 g/mol. The zero-order chi connectivity index (χ0) is 15.4. The van der Waals surface area contributed by atoms with E-state index in [9.17, 15) is 9.59 Å². The number of carbonyl (C=O) groups is 2. The lowest BCUT2D eigenvalue weighted by Crippen LogP contribution is -2.40. The fourth-order valence-corrected chi connectivity index (χ4v) is 2.84. The quantitative estimate of drug-likeness (QED) is 0.806. The minimum Gasteiger partial charge on any atom is -0.466 e. The summed E-state index contributed by atoms with van der Waals surface area (Å²) in [6.45, 7) is 5.26. The molecular formula is C16H20ClNO3. The lowest BCUT2D eigenvalue weighted by molar-refractivity contribution is -0.149. The van der Waals surface area contributed by atoms with Crippen LogP contribution in [0.3, 0.4) is 0 Å². The van der Waals surface area contributed by atoms with E-state index in [1.807, 2.05) is 6.92 Å². The van der Waals surface area contributed by atoms with Gasteiger partial charge < -0.3 is 9.64 Å². The number of aryl methyl sites for hydroxylation is 1. The Morgan fingerprint density at radius 2 is 2.00 bits per heavy atom. The molecule has 21 heavy (non-hydrogen) atoms. The monoisotopic (exact) mass is 309 g/mol. The van der Waals surface area contributed by atoms with Gasteiger partial charge in [0.05, 0.1) is 12.5 Å². The van der Waals surface area contributed by atoms with Crippen molar-refractivity contribution in [1.29, 1.82) is 0 Å². The Balaban J connectivity index is 1.98. The maximum Gasteiger partial charge on any atom is 0.309 e. The molecule has 1 aliphatic heterocycles. The molecule has 2 rings (SSSR count). The number of rotatable bonds is 3. The number of ether oxygens (including phenoxy) is 1. The smallest absolute Gasteiger partial charge is 0.309 e. The molecule has 1 heterocycles. The van der Waals surface area contributed by atoms with Gasteiger partial charge in [0.1, 0.15) is 0 Å². The summed E-state index contributed by atoms with van der Waals surface area (Å²) in [5.74, 6) is -0.223. The van der Waals surface area contributed by atoms with Crippen LogP contribution in [0.5, 0.6) is 0 Å². The number of amides is 1. The molecule has 0 unspecified atom stereocenters. The van der Waals surface area contributed by atoms with Crippen LogP contribution in [0.2, 0.25) is 5.02 Å². The first kappa shape index (κ1) is 15.8.